The highest BCUT2D eigenvalue weighted by atomic mass is 16.6. The lowest BCUT2D eigenvalue weighted by Gasteiger charge is -2.36. The van der Waals surface area contributed by atoms with Crippen LogP contribution in [-0.4, -0.2) is 38.2 Å². The smallest absolute Gasteiger partial charge is 0.327 e. The summed E-state index contributed by atoms with van der Waals surface area (Å²) in [6, 6.07) is 0. The molecule has 0 spiro atoms. The van der Waals surface area contributed by atoms with Crippen molar-refractivity contribution in [3.8, 4) is 0 Å². The molecule has 0 saturated heterocycles. The second-order valence-electron chi connectivity index (χ2n) is 7.12. The Bertz CT molecular complexity index is 668. The molecule has 0 aromatic heterocycles. The van der Waals surface area contributed by atoms with Gasteiger partial charge in [0.05, 0.1) is 20.1 Å². The Kier molecular flexibility index (Phi) is 5.74. The van der Waals surface area contributed by atoms with Gasteiger partial charge in [-0.2, -0.15) is 0 Å². The zero-order valence-corrected chi connectivity index (χ0v) is 15.9. The minimum absolute atomic E-state index is 0.195. The van der Waals surface area contributed by atoms with Crippen molar-refractivity contribution >= 4 is 17.9 Å². The van der Waals surface area contributed by atoms with E-state index in [2.05, 4.69) is 6.58 Å². The third kappa shape index (κ3) is 3.20. The van der Waals surface area contributed by atoms with Crippen molar-refractivity contribution in [3.63, 3.8) is 0 Å². The third-order valence-electron chi connectivity index (χ3n) is 5.06. The number of carbonyl (C=O) groups is 3. The molecular formula is C20H26O6. The molecule has 0 aliphatic heterocycles. The first-order valence-corrected chi connectivity index (χ1v) is 8.63. The molecule has 0 aromatic carbocycles. The van der Waals surface area contributed by atoms with Gasteiger partial charge in [-0.25, -0.2) is 0 Å². The standard InChI is InChI=1S/C20H26O6/c1-11(2)15-10-20(18(22)24-5,19(23)25-6)16-9-13(7-8-14(15)16)26-17(21)12(3)4/h7-8,10,12-14,16H,1,9H2,2-6H3/t13-,14+,16+/m0/s1. The Morgan fingerprint density at radius 3 is 2.19 bits per heavy atom. The molecule has 2 aliphatic carbocycles. The summed E-state index contributed by atoms with van der Waals surface area (Å²) >= 11 is 0. The molecule has 0 radical (unpaired) electrons. The molecule has 0 aromatic rings. The summed E-state index contributed by atoms with van der Waals surface area (Å²) in [6.45, 7) is 9.29. The molecule has 0 heterocycles. The van der Waals surface area contributed by atoms with Gasteiger partial charge in [0.1, 0.15) is 6.10 Å². The van der Waals surface area contributed by atoms with E-state index < -0.39 is 29.4 Å². The van der Waals surface area contributed by atoms with Crippen molar-refractivity contribution in [2.45, 2.75) is 33.3 Å². The van der Waals surface area contributed by atoms with E-state index in [1.54, 1.807) is 19.9 Å². The molecule has 0 saturated carbocycles. The number of esters is 3. The number of ether oxygens (including phenoxy) is 3. The first-order valence-electron chi connectivity index (χ1n) is 8.63. The van der Waals surface area contributed by atoms with Crippen molar-refractivity contribution in [2.24, 2.45) is 23.2 Å². The Morgan fingerprint density at radius 2 is 1.73 bits per heavy atom. The van der Waals surface area contributed by atoms with Crippen LogP contribution in [0, 0.1) is 23.2 Å². The molecular weight excluding hydrogens is 336 g/mol. The summed E-state index contributed by atoms with van der Waals surface area (Å²) in [5, 5.41) is 0. The van der Waals surface area contributed by atoms with Crippen LogP contribution in [0.25, 0.3) is 0 Å². The molecule has 0 bridgehead atoms. The van der Waals surface area contributed by atoms with Crippen molar-refractivity contribution in [3.05, 3.63) is 36.0 Å². The number of rotatable bonds is 5. The van der Waals surface area contributed by atoms with Crippen LogP contribution in [-0.2, 0) is 28.6 Å². The quantitative estimate of drug-likeness (QED) is 0.324. The van der Waals surface area contributed by atoms with Gasteiger partial charge in [0.15, 0.2) is 5.41 Å². The van der Waals surface area contributed by atoms with Gasteiger partial charge in [-0.05, 0) is 25.0 Å². The highest BCUT2D eigenvalue weighted by Gasteiger charge is 2.60. The maximum absolute atomic E-state index is 12.7. The largest absolute Gasteiger partial charge is 0.468 e. The van der Waals surface area contributed by atoms with E-state index in [1.165, 1.54) is 14.2 Å². The van der Waals surface area contributed by atoms with E-state index in [-0.39, 0.29) is 17.8 Å². The zero-order valence-electron chi connectivity index (χ0n) is 15.9. The number of carbonyl (C=O) groups excluding carboxylic acids is 3. The Balaban J connectivity index is 2.48. The van der Waals surface area contributed by atoms with Crippen LogP contribution in [0.4, 0.5) is 0 Å². The van der Waals surface area contributed by atoms with Gasteiger partial charge >= 0.3 is 17.9 Å². The highest BCUT2D eigenvalue weighted by molar-refractivity contribution is 6.04. The van der Waals surface area contributed by atoms with Gasteiger partial charge < -0.3 is 14.2 Å². The molecule has 6 nitrogen and oxygen atoms in total. The topological polar surface area (TPSA) is 78.9 Å². The summed E-state index contributed by atoms with van der Waals surface area (Å²) in [5.41, 5.74) is -0.0111. The highest BCUT2D eigenvalue weighted by Crippen LogP contribution is 2.53. The van der Waals surface area contributed by atoms with Gasteiger partial charge in [0.25, 0.3) is 0 Å². The molecule has 3 atom stereocenters. The summed E-state index contributed by atoms with van der Waals surface area (Å²) in [7, 11) is 2.48. The fourth-order valence-electron chi connectivity index (χ4n) is 3.71. The number of methoxy groups -OCH3 is 2. The van der Waals surface area contributed by atoms with E-state index in [9.17, 15) is 14.4 Å². The molecule has 2 aliphatic rings. The van der Waals surface area contributed by atoms with Crippen LogP contribution in [0.2, 0.25) is 0 Å². The summed E-state index contributed by atoms with van der Waals surface area (Å²) in [4.78, 5) is 37.3. The number of fused-ring (bicyclic) bond motifs is 1. The van der Waals surface area contributed by atoms with E-state index in [4.69, 9.17) is 14.2 Å². The maximum Gasteiger partial charge on any atom is 0.327 e. The van der Waals surface area contributed by atoms with E-state index in [0.29, 0.717) is 6.42 Å². The van der Waals surface area contributed by atoms with Crippen LogP contribution in [0.5, 0.6) is 0 Å². The van der Waals surface area contributed by atoms with Crippen LogP contribution >= 0.6 is 0 Å². The lowest BCUT2D eigenvalue weighted by Crippen LogP contribution is -2.47. The van der Waals surface area contributed by atoms with Crippen molar-refractivity contribution < 1.29 is 28.6 Å². The van der Waals surface area contributed by atoms with Crippen molar-refractivity contribution in [1.82, 2.24) is 0 Å². The summed E-state index contributed by atoms with van der Waals surface area (Å²) in [5.74, 6) is -2.62. The Morgan fingerprint density at radius 1 is 1.15 bits per heavy atom. The summed E-state index contributed by atoms with van der Waals surface area (Å²) < 4.78 is 15.4. The van der Waals surface area contributed by atoms with Gasteiger partial charge in [-0.15, -0.1) is 0 Å². The second-order valence-corrected chi connectivity index (χ2v) is 7.12. The van der Waals surface area contributed by atoms with Crippen LogP contribution < -0.4 is 0 Å². The average molecular weight is 362 g/mol. The van der Waals surface area contributed by atoms with Crippen LogP contribution in [0.1, 0.15) is 27.2 Å². The third-order valence-corrected chi connectivity index (χ3v) is 5.06. The SMILES string of the molecule is C=C(C)C1=CC(C(=O)OC)(C(=O)OC)[C@@H]2C[C@@H](OC(=O)C(C)C)C=C[C@H]12. The average Bonchev–Trinajstić information content (AvgIpc) is 2.96. The molecule has 0 fully saturated rings. The molecule has 0 amide bonds. The molecule has 0 N–H and O–H groups in total. The van der Waals surface area contributed by atoms with E-state index in [0.717, 1.165) is 11.1 Å². The zero-order chi connectivity index (χ0) is 19.6. The first kappa shape index (κ1) is 19.9. The minimum Gasteiger partial charge on any atom is -0.468 e. The molecule has 26 heavy (non-hydrogen) atoms. The Hall–Kier alpha value is -2.37. The minimum atomic E-state index is -1.57. The van der Waals surface area contributed by atoms with Crippen LogP contribution in [0.3, 0.4) is 0 Å². The van der Waals surface area contributed by atoms with E-state index >= 15 is 0 Å². The van der Waals surface area contributed by atoms with Crippen LogP contribution in [0.15, 0.2) is 36.0 Å². The number of hydrogen-bond donors (Lipinski definition) is 0. The molecule has 0 unspecified atom stereocenters. The monoisotopic (exact) mass is 362 g/mol. The predicted octanol–water partition coefficient (Wildman–Crippen LogP) is 2.60. The molecule has 142 valence electrons. The molecule has 6 heteroatoms. The fraction of sp³-hybridized carbons (Fsp3) is 0.550. The first-order chi connectivity index (χ1) is 12.2. The summed E-state index contributed by atoms with van der Waals surface area (Å²) in [6.07, 6.45) is 5.09. The van der Waals surface area contributed by atoms with E-state index in [1.807, 2.05) is 19.1 Å². The van der Waals surface area contributed by atoms with Gasteiger partial charge in [-0.1, -0.05) is 38.2 Å². The number of allylic oxidation sites excluding steroid dienone is 3. The second kappa shape index (κ2) is 7.48. The van der Waals surface area contributed by atoms with Gasteiger partial charge in [0, 0.05) is 11.8 Å². The Labute approximate surface area is 153 Å². The predicted molar refractivity (Wildman–Crippen MR) is 94.8 cm³/mol. The van der Waals surface area contributed by atoms with Gasteiger partial charge in [-0.3, -0.25) is 14.4 Å². The normalized spacial score (nSPS) is 25.9. The lowest BCUT2D eigenvalue weighted by molar-refractivity contribution is -0.170. The molecule has 2 rings (SSSR count). The fourth-order valence-corrected chi connectivity index (χ4v) is 3.71. The van der Waals surface area contributed by atoms with Crippen molar-refractivity contribution in [2.75, 3.05) is 14.2 Å². The van der Waals surface area contributed by atoms with Gasteiger partial charge in [0.2, 0.25) is 0 Å². The maximum atomic E-state index is 12.7. The lowest BCUT2D eigenvalue weighted by atomic mass is 9.69. The van der Waals surface area contributed by atoms with Crippen molar-refractivity contribution in [1.29, 1.82) is 0 Å². The number of hydrogen-bond acceptors (Lipinski definition) is 6.